The normalized spacial score (nSPS) is 15.4. The maximum absolute atomic E-state index is 13.8. The standard InChI is InChI=1S/C24H27F2N5OS/c1-16-6-9-19(14-21(16)26)27-22(32)15-33-24-29-28-23(17(2)30-12-4-3-5-13-30)31(24)20-10-7-18(25)8-11-20/h6-11,14,17H,3-5,12-13,15H2,1-2H3,(H,27,32). The fourth-order valence-corrected chi connectivity index (χ4v) is 4.70. The summed E-state index contributed by atoms with van der Waals surface area (Å²) >= 11 is 1.24. The van der Waals surface area contributed by atoms with Crippen molar-refractivity contribution in [1.29, 1.82) is 0 Å². The third-order valence-corrected chi connectivity index (χ3v) is 6.77. The second-order valence-electron chi connectivity index (χ2n) is 8.23. The van der Waals surface area contributed by atoms with E-state index in [0.29, 0.717) is 16.4 Å². The summed E-state index contributed by atoms with van der Waals surface area (Å²) in [5.41, 5.74) is 1.66. The summed E-state index contributed by atoms with van der Waals surface area (Å²) in [4.78, 5) is 14.9. The number of benzene rings is 2. The van der Waals surface area contributed by atoms with Crippen molar-refractivity contribution in [2.24, 2.45) is 0 Å². The van der Waals surface area contributed by atoms with Gasteiger partial charge in [-0.3, -0.25) is 14.3 Å². The Balaban J connectivity index is 1.54. The molecule has 0 spiro atoms. The molecule has 1 aromatic heterocycles. The van der Waals surface area contributed by atoms with Crippen LogP contribution in [0.2, 0.25) is 0 Å². The Morgan fingerprint density at radius 2 is 1.82 bits per heavy atom. The summed E-state index contributed by atoms with van der Waals surface area (Å²) in [5, 5.41) is 12.1. The van der Waals surface area contributed by atoms with Gasteiger partial charge in [-0.05, 0) is 81.7 Å². The maximum Gasteiger partial charge on any atom is 0.234 e. The molecule has 9 heteroatoms. The van der Waals surface area contributed by atoms with Gasteiger partial charge in [-0.2, -0.15) is 0 Å². The van der Waals surface area contributed by atoms with Crippen LogP contribution in [-0.4, -0.2) is 44.4 Å². The van der Waals surface area contributed by atoms with E-state index >= 15 is 0 Å². The number of carbonyl (C=O) groups excluding carboxylic acids is 1. The molecule has 1 fully saturated rings. The lowest BCUT2D eigenvalue weighted by atomic mass is 10.1. The van der Waals surface area contributed by atoms with Crippen molar-refractivity contribution in [3.8, 4) is 5.69 Å². The van der Waals surface area contributed by atoms with E-state index < -0.39 is 0 Å². The van der Waals surface area contributed by atoms with E-state index in [9.17, 15) is 13.6 Å². The molecule has 4 rings (SSSR count). The van der Waals surface area contributed by atoms with E-state index in [1.165, 1.54) is 36.4 Å². The van der Waals surface area contributed by atoms with Gasteiger partial charge < -0.3 is 5.32 Å². The van der Waals surface area contributed by atoms with Crippen molar-refractivity contribution in [3.63, 3.8) is 0 Å². The molecule has 1 N–H and O–H groups in total. The number of anilines is 1. The molecule has 2 heterocycles. The van der Waals surface area contributed by atoms with Crippen LogP contribution in [0.5, 0.6) is 0 Å². The number of aryl methyl sites for hydroxylation is 1. The van der Waals surface area contributed by atoms with E-state index in [1.807, 2.05) is 4.57 Å². The van der Waals surface area contributed by atoms with Gasteiger partial charge in [0.25, 0.3) is 0 Å². The van der Waals surface area contributed by atoms with Gasteiger partial charge in [0.15, 0.2) is 11.0 Å². The smallest absolute Gasteiger partial charge is 0.234 e. The molecule has 1 aliphatic heterocycles. The summed E-state index contributed by atoms with van der Waals surface area (Å²) in [6, 6.07) is 10.8. The number of hydrogen-bond acceptors (Lipinski definition) is 5. The molecule has 1 amide bonds. The van der Waals surface area contributed by atoms with Crippen molar-refractivity contribution >= 4 is 23.4 Å². The summed E-state index contributed by atoms with van der Waals surface area (Å²) in [5.74, 6) is -0.133. The molecule has 1 aliphatic rings. The van der Waals surface area contributed by atoms with E-state index in [-0.39, 0.29) is 29.3 Å². The highest BCUT2D eigenvalue weighted by molar-refractivity contribution is 7.99. The minimum atomic E-state index is -0.368. The van der Waals surface area contributed by atoms with Crippen LogP contribution in [0.25, 0.3) is 5.69 Å². The average molecular weight is 472 g/mol. The lowest BCUT2D eigenvalue weighted by molar-refractivity contribution is -0.113. The van der Waals surface area contributed by atoms with Gasteiger partial charge in [0.2, 0.25) is 5.91 Å². The number of thioether (sulfide) groups is 1. The predicted molar refractivity (Wildman–Crippen MR) is 126 cm³/mol. The Hall–Kier alpha value is -2.78. The Kier molecular flexibility index (Phi) is 7.39. The highest BCUT2D eigenvalue weighted by atomic mass is 32.2. The first-order chi connectivity index (χ1) is 15.9. The van der Waals surface area contributed by atoms with Crippen molar-refractivity contribution in [3.05, 3.63) is 65.5 Å². The molecule has 0 aliphatic carbocycles. The van der Waals surface area contributed by atoms with Crippen LogP contribution >= 0.6 is 11.8 Å². The fraction of sp³-hybridized carbons (Fsp3) is 0.375. The molecule has 1 atom stereocenters. The highest BCUT2D eigenvalue weighted by Gasteiger charge is 2.26. The second kappa shape index (κ2) is 10.4. The molecule has 3 aromatic rings. The quantitative estimate of drug-likeness (QED) is 0.484. The number of rotatable bonds is 7. The van der Waals surface area contributed by atoms with Gasteiger partial charge in [0.05, 0.1) is 11.8 Å². The first-order valence-electron chi connectivity index (χ1n) is 11.1. The van der Waals surface area contributed by atoms with Gasteiger partial charge in [0.1, 0.15) is 11.6 Å². The molecular weight excluding hydrogens is 444 g/mol. The van der Waals surface area contributed by atoms with Gasteiger partial charge in [0, 0.05) is 11.4 Å². The molecule has 0 radical (unpaired) electrons. The van der Waals surface area contributed by atoms with E-state index in [0.717, 1.165) is 37.4 Å². The molecule has 1 saturated heterocycles. The van der Waals surface area contributed by atoms with Crippen LogP contribution in [0, 0.1) is 18.6 Å². The monoisotopic (exact) mass is 471 g/mol. The minimum absolute atomic E-state index is 0.0292. The molecule has 174 valence electrons. The third-order valence-electron chi connectivity index (χ3n) is 5.84. The Bertz CT molecular complexity index is 1110. The van der Waals surface area contributed by atoms with Crippen molar-refractivity contribution in [1.82, 2.24) is 19.7 Å². The van der Waals surface area contributed by atoms with Crippen molar-refractivity contribution in [2.45, 2.75) is 44.3 Å². The van der Waals surface area contributed by atoms with E-state index in [2.05, 4.69) is 27.3 Å². The molecule has 2 aromatic carbocycles. The molecule has 0 saturated carbocycles. The number of carbonyl (C=O) groups is 1. The summed E-state index contributed by atoms with van der Waals surface area (Å²) in [7, 11) is 0. The number of likely N-dealkylation sites (tertiary alicyclic amines) is 1. The maximum atomic E-state index is 13.8. The topological polar surface area (TPSA) is 63.1 Å². The van der Waals surface area contributed by atoms with Gasteiger partial charge >= 0.3 is 0 Å². The van der Waals surface area contributed by atoms with Crippen LogP contribution in [-0.2, 0) is 4.79 Å². The van der Waals surface area contributed by atoms with Gasteiger partial charge in [-0.15, -0.1) is 10.2 Å². The molecular formula is C24H27F2N5OS. The van der Waals surface area contributed by atoms with E-state index in [4.69, 9.17) is 0 Å². The number of piperidine rings is 1. The fourth-order valence-electron chi connectivity index (χ4n) is 3.94. The Labute approximate surface area is 196 Å². The SMILES string of the molecule is Cc1ccc(NC(=O)CSc2nnc(C(C)N3CCCCC3)n2-c2ccc(F)cc2)cc1F. The lowest BCUT2D eigenvalue weighted by Gasteiger charge is -2.31. The van der Waals surface area contributed by atoms with Crippen LogP contribution in [0.15, 0.2) is 47.6 Å². The zero-order chi connectivity index (χ0) is 23.4. The van der Waals surface area contributed by atoms with Crippen molar-refractivity contribution < 1.29 is 13.6 Å². The number of halogens is 2. The van der Waals surface area contributed by atoms with Crippen LogP contribution in [0.4, 0.5) is 14.5 Å². The predicted octanol–water partition coefficient (Wildman–Crippen LogP) is 5.13. The third kappa shape index (κ3) is 5.59. The average Bonchev–Trinajstić information content (AvgIpc) is 3.24. The van der Waals surface area contributed by atoms with Crippen LogP contribution < -0.4 is 5.32 Å². The second-order valence-corrected chi connectivity index (χ2v) is 9.17. The largest absolute Gasteiger partial charge is 0.325 e. The van der Waals surface area contributed by atoms with Gasteiger partial charge in [-0.25, -0.2) is 8.78 Å². The van der Waals surface area contributed by atoms with Crippen molar-refractivity contribution in [2.75, 3.05) is 24.2 Å². The number of hydrogen-bond donors (Lipinski definition) is 1. The first kappa shape index (κ1) is 23.4. The Morgan fingerprint density at radius 1 is 1.09 bits per heavy atom. The number of nitrogens with zero attached hydrogens (tertiary/aromatic N) is 4. The molecule has 33 heavy (non-hydrogen) atoms. The summed E-state index contributed by atoms with van der Waals surface area (Å²) < 4.78 is 29.2. The summed E-state index contributed by atoms with van der Waals surface area (Å²) in [6.07, 6.45) is 3.53. The van der Waals surface area contributed by atoms with Crippen LogP contribution in [0.1, 0.15) is 43.6 Å². The molecule has 6 nitrogen and oxygen atoms in total. The lowest BCUT2D eigenvalue weighted by Crippen LogP contribution is -2.33. The minimum Gasteiger partial charge on any atom is -0.325 e. The Morgan fingerprint density at radius 3 is 2.52 bits per heavy atom. The van der Waals surface area contributed by atoms with Gasteiger partial charge in [-0.1, -0.05) is 24.2 Å². The molecule has 1 unspecified atom stereocenters. The number of aromatic nitrogens is 3. The van der Waals surface area contributed by atoms with E-state index in [1.54, 1.807) is 31.2 Å². The zero-order valence-electron chi connectivity index (χ0n) is 18.7. The number of amides is 1. The first-order valence-corrected chi connectivity index (χ1v) is 12.0. The van der Waals surface area contributed by atoms with Crippen LogP contribution in [0.3, 0.4) is 0 Å². The summed E-state index contributed by atoms with van der Waals surface area (Å²) in [6.45, 7) is 5.76. The molecule has 0 bridgehead atoms. The zero-order valence-corrected chi connectivity index (χ0v) is 19.5. The number of nitrogens with one attached hydrogen (secondary N) is 1. The highest BCUT2D eigenvalue weighted by Crippen LogP contribution is 2.29.